The van der Waals surface area contributed by atoms with Crippen molar-refractivity contribution >= 4 is 17.0 Å². The van der Waals surface area contributed by atoms with E-state index in [-0.39, 0.29) is 0 Å². The molecule has 0 saturated carbocycles. The molecular weight excluding hydrogens is 336 g/mol. The summed E-state index contributed by atoms with van der Waals surface area (Å²) in [5.74, 6) is 3.18. The Morgan fingerprint density at radius 3 is 2.64 bits per heavy atom. The number of anilines is 1. The van der Waals surface area contributed by atoms with E-state index in [0.717, 1.165) is 41.1 Å². The first kappa shape index (κ1) is 16.0. The molecule has 0 spiro atoms. The van der Waals surface area contributed by atoms with Gasteiger partial charge in [0.2, 0.25) is 5.89 Å². The third-order valence-corrected chi connectivity index (χ3v) is 5.08. The van der Waals surface area contributed by atoms with Crippen LogP contribution in [0.25, 0.3) is 0 Å². The SMILES string of the molecule is Cc1nc(CN(Cc2cccs2)c2ccc3c(c2)OCCO3)oc1C. The number of oxazole rings is 1. The Hall–Kier alpha value is -2.47. The number of aryl methyl sites for hydroxylation is 2. The zero-order valence-electron chi connectivity index (χ0n) is 14.3. The summed E-state index contributed by atoms with van der Waals surface area (Å²) in [4.78, 5) is 8.06. The highest BCUT2D eigenvalue weighted by Crippen LogP contribution is 2.35. The van der Waals surface area contributed by atoms with Crippen LogP contribution in [0.5, 0.6) is 11.5 Å². The van der Waals surface area contributed by atoms with Crippen molar-refractivity contribution in [1.82, 2.24) is 4.98 Å². The van der Waals surface area contributed by atoms with Gasteiger partial charge in [0.05, 0.1) is 18.8 Å². The van der Waals surface area contributed by atoms with Gasteiger partial charge >= 0.3 is 0 Å². The van der Waals surface area contributed by atoms with E-state index in [1.54, 1.807) is 11.3 Å². The first-order valence-corrected chi connectivity index (χ1v) is 9.17. The van der Waals surface area contributed by atoms with Crippen molar-refractivity contribution in [3.05, 3.63) is 57.9 Å². The van der Waals surface area contributed by atoms with Crippen LogP contribution in [0.1, 0.15) is 22.2 Å². The van der Waals surface area contributed by atoms with Crippen LogP contribution in [0.3, 0.4) is 0 Å². The van der Waals surface area contributed by atoms with Crippen molar-refractivity contribution in [1.29, 1.82) is 0 Å². The average Bonchev–Trinajstić information content (AvgIpc) is 3.24. The van der Waals surface area contributed by atoms with E-state index < -0.39 is 0 Å². The molecule has 0 radical (unpaired) electrons. The van der Waals surface area contributed by atoms with Crippen LogP contribution in [0.15, 0.2) is 40.1 Å². The van der Waals surface area contributed by atoms with Gasteiger partial charge in [-0.05, 0) is 37.4 Å². The van der Waals surface area contributed by atoms with Crippen molar-refractivity contribution in [3.8, 4) is 11.5 Å². The molecule has 0 bridgehead atoms. The molecule has 0 unspecified atom stereocenters. The Kier molecular flexibility index (Phi) is 4.36. The maximum atomic E-state index is 5.79. The zero-order chi connectivity index (χ0) is 17.2. The number of aromatic nitrogens is 1. The van der Waals surface area contributed by atoms with Gasteiger partial charge in [0.15, 0.2) is 11.5 Å². The number of ether oxygens (including phenoxy) is 2. The minimum atomic E-state index is 0.583. The molecule has 1 aromatic carbocycles. The Labute approximate surface area is 150 Å². The Bertz CT molecular complexity index is 838. The van der Waals surface area contributed by atoms with Gasteiger partial charge in [-0.1, -0.05) is 6.07 Å². The van der Waals surface area contributed by atoms with Crippen molar-refractivity contribution in [2.45, 2.75) is 26.9 Å². The molecule has 0 saturated heterocycles. The molecule has 4 rings (SSSR count). The summed E-state index contributed by atoms with van der Waals surface area (Å²) in [7, 11) is 0. The van der Waals surface area contributed by atoms with Crippen LogP contribution in [-0.4, -0.2) is 18.2 Å². The summed E-state index contributed by atoms with van der Waals surface area (Å²) in [6.07, 6.45) is 0. The minimum Gasteiger partial charge on any atom is -0.486 e. The molecule has 0 fully saturated rings. The monoisotopic (exact) mass is 356 g/mol. The maximum absolute atomic E-state index is 5.79. The van der Waals surface area contributed by atoms with E-state index in [1.165, 1.54) is 4.88 Å². The van der Waals surface area contributed by atoms with Gasteiger partial charge in [-0.25, -0.2) is 4.98 Å². The van der Waals surface area contributed by atoms with Crippen LogP contribution in [-0.2, 0) is 13.1 Å². The van der Waals surface area contributed by atoms with E-state index >= 15 is 0 Å². The van der Waals surface area contributed by atoms with Gasteiger partial charge in [0.25, 0.3) is 0 Å². The molecule has 3 aromatic rings. The summed E-state index contributed by atoms with van der Waals surface area (Å²) in [5.41, 5.74) is 2.00. The predicted molar refractivity (Wildman–Crippen MR) is 97.6 cm³/mol. The molecule has 1 aliphatic rings. The van der Waals surface area contributed by atoms with Gasteiger partial charge in [-0.2, -0.15) is 0 Å². The molecule has 0 N–H and O–H groups in total. The highest BCUT2D eigenvalue weighted by molar-refractivity contribution is 7.09. The normalized spacial score (nSPS) is 13.0. The Balaban J connectivity index is 1.64. The summed E-state index contributed by atoms with van der Waals surface area (Å²) in [6, 6.07) is 10.3. The lowest BCUT2D eigenvalue weighted by atomic mass is 10.2. The van der Waals surface area contributed by atoms with Crippen LogP contribution < -0.4 is 14.4 Å². The van der Waals surface area contributed by atoms with Crippen LogP contribution in [0, 0.1) is 13.8 Å². The second kappa shape index (κ2) is 6.80. The summed E-state index contributed by atoms with van der Waals surface area (Å²) in [5, 5.41) is 2.09. The van der Waals surface area contributed by atoms with Gasteiger partial charge in [0.1, 0.15) is 19.0 Å². The third kappa shape index (κ3) is 3.49. The average molecular weight is 356 g/mol. The second-order valence-electron chi connectivity index (χ2n) is 6.01. The number of benzene rings is 1. The van der Waals surface area contributed by atoms with Crippen molar-refractivity contribution in [3.63, 3.8) is 0 Å². The molecule has 5 nitrogen and oxygen atoms in total. The fourth-order valence-electron chi connectivity index (χ4n) is 2.83. The number of fused-ring (bicyclic) bond motifs is 1. The summed E-state index contributed by atoms with van der Waals surface area (Å²) in [6.45, 7) is 6.49. The van der Waals surface area contributed by atoms with Crippen LogP contribution >= 0.6 is 11.3 Å². The van der Waals surface area contributed by atoms with E-state index in [1.807, 2.05) is 26.0 Å². The Morgan fingerprint density at radius 2 is 1.92 bits per heavy atom. The number of hydrogen-bond donors (Lipinski definition) is 0. The van der Waals surface area contributed by atoms with E-state index in [4.69, 9.17) is 13.9 Å². The van der Waals surface area contributed by atoms with E-state index in [0.29, 0.717) is 19.8 Å². The molecule has 130 valence electrons. The number of nitrogens with zero attached hydrogens (tertiary/aromatic N) is 2. The van der Waals surface area contributed by atoms with E-state index in [9.17, 15) is 0 Å². The molecule has 25 heavy (non-hydrogen) atoms. The fourth-order valence-corrected chi connectivity index (χ4v) is 3.55. The number of hydrogen-bond acceptors (Lipinski definition) is 6. The van der Waals surface area contributed by atoms with Crippen molar-refractivity contribution in [2.24, 2.45) is 0 Å². The minimum absolute atomic E-state index is 0.583. The van der Waals surface area contributed by atoms with E-state index in [2.05, 4.69) is 33.5 Å². The molecule has 0 aliphatic carbocycles. The fraction of sp³-hybridized carbons (Fsp3) is 0.316. The Morgan fingerprint density at radius 1 is 1.08 bits per heavy atom. The molecular formula is C19H20N2O3S. The molecule has 1 aliphatic heterocycles. The molecule has 3 heterocycles. The first-order valence-electron chi connectivity index (χ1n) is 8.29. The number of thiophene rings is 1. The van der Waals surface area contributed by atoms with Gasteiger partial charge < -0.3 is 18.8 Å². The van der Waals surface area contributed by atoms with Gasteiger partial charge in [0, 0.05) is 16.6 Å². The highest BCUT2D eigenvalue weighted by atomic mass is 32.1. The third-order valence-electron chi connectivity index (χ3n) is 4.22. The maximum Gasteiger partial charge on any atom is 0.214 e. The second-order valence-corrected chi connectivity index (χ2v) is 7.04. The predicted octanol–water partition coefficient (Wildman–Crippen LogP) is 4.33. The zero-order valence-corrected chi connectivity index (χ0v) is 15.1. The molecule has 2 aromatic heterocycles. The van der Waals surface area contributed by atoms with Gasteiger partial charge in [-0.3, -0.25) is 0 Å². The lowest BCUT2D eigenvalue weighted by Gasteiger charge is -2.25. The molecule has 0 atom stereocenters. The van der Waals surface area contributed by atoms with Crippen molar-refractivity contribution < 1.29 is 13.9 Å². The van der Waals surface area contributed by atoms with Gasteiger partial charge in [-0.15, -0.1) is 11.3 Å². The topological polar surface area (TPSA) is 47.7 Å². The lowest BCUT2D eigenvalue weighted by Crippen LogP contribution is -2.22. The number of rotatable bonds is 5. The van der Waals surface area contributed by atoms with Crippen LogP contribution in [0.2, 0.25) is 0 Å². The highest BCUT2D eigenvalue weighted by Gasteiger charge is 2.18. The molecule has 6 heteroatoms. The first-order chi connectivity index (χ1) is 12.2. The standard InChI is InChI=1S/C19H20N2O3S/c1-13-14(2)24-19(20-13)12-21(11-16-4-3-9-25-16)15-5-6-17-18(10-15)23-8-7-22-17/h3-6,9-10H,7-8,11-12H2,1-2H3. The summed E-state index contributed by atoms with van der Waals surface area (Å²) >= 11 is 1.74. The smallest absolute Gasteiger partial charge is 0.214 e. The summed E-state index contributed by atoms with van der Waals surface area (Å²) < 4.78 is 17.2. The largest absolute Gasteiger partial charge is 0.486 e. The van der Waals surface area contributed by atoms with Crippen LogP contribution in [0.4, 0.5) is 5.69 Å². The van der Waals surface area contributed by atoms with Crippen molar-refractivity contribution in [2.75, 3.05) is 18.1 Å². The quantitative estimate of drug-likeness (QED) is 0.681. The molecule has 0 amide bonds. The lowest BCUT2D eigenvalue weighted by molar-refractivity contribution is 0.171.